The number of fused-ring (bicyclic) bond motifs is 3. The minimum Gasteiger partial charge on any atom is -0.346 e. The van der Waals surface area contributed by atoms with Crippen LogP contribution in [0.15, 0.2) is 54.7 Å². The maximum atomic E-state index is 13.9. The second kappa shape index (κ2) is 8.93. The lowest BCUT2D eigenvalue weighted by Gasteiger charge is -2.27. The largest absolute Gasteiger partial charge is 0.346 e. The fraction of sp³-hybridized carbons (Fsp3) is 0.286. The molecule has 9 heteroatoms. The molecule has 3 aromatic heterocycles. The summed E-state index contributed by atoms with van der Waals surface area (Å²) in [6, 6.07) is 15.7. The zero-order chi connectivity index (χ0) is 24.9. The maximum absolute atomic E-state index is 13.9. The minimum absolute atomic E-state index is 0.0270. The summed E-state index contributed by atoms with van der Waals surface area (Å²) < 4.78 is 0. The van der Waals surface area contributed by atoms with Gasteiger partial charge in [0, 0.05) is 47.8 Å². The highest BCUT2D eigenvalue weighted by molar-refractivity contribution is 7.17. The normalized spacial score (nSPS) is 16.9. The van der Waals surface area contributed by atoms with Crippen molar-refractivity contribution in [1.82, 2.24) is 25.8 Å². The molecular formula is C28H26N6O2S. The Morgan fingerprint density at radius 2 is 1.92 bits per heavy atom. The van der Waals surface area contributed by atoms with Gasteiger partial charge < -0.3 is 15.5 Å². The number of pyridine rings is 1. The molecule has 8 nitrogen and oxygen atoms in total. The van der Waals surface area contributed by atoms with Gasteiger partial charge in [-0.25, -0.2) is 4.98 Å². The molecular weight excluding hydrogens is 484 g/mol. The third-order valence-electron chi connectivity index (χ3n) is 7.32. The van der Waals surface area contributed by atoms with E-state index in [0.717, 1.165) is 64.6 Å². The first-order valence-electron chi connectivity index (χ1n) is 12.7. The number of hydrogen-bond donors (Lipinski definition) is 3. The lowest BCUT2D eigenvalue weighted by atomic mass is 10.1. The van der Waals surface area contributed by atoms with Crippen molar-refractivity contribution in [2.45, 2.75) is 31.2 Å². The van der Waals surface area contributed by atoms with E-state index in [4.69, 9.17) is 4.98 Å². The fourth-order valence-corrected chi connectivity index (χ4v) is 6.23. The molecule has 3 aliphatic rings. The van der Waals surface area contributed by atoms with E-state index in [1.807, 2.05) is 53.6 Å². The van der Waals surface area contributed by atoms with Crippen molar-refractivity contribution in [2.75, 3.05) is 24.5 Å². The number of H-pyrrole nitrogens is 1. The maximum Gasteiger partial charge on any atom is 0.276 e. The summed E-state index contributed by atoms with van der Waals surface area (Å²) in [5, 5.41) is 13.7. The lowest BCUT2D eigenvalue weighted by molar-refractivity contribution is 0.0926. The first-order valence-corrected chi connectivity index (χ1v) is 13.5. The van der Waals surface area contributed by atoms with Crippen molar-refractivity contribution in [3.05, 3.63) is 76.6 Å². The van der Waals surface area contributed by atoms with Gasteiger partial charge in [-0.3, -0.25) is 14.7 Å². The molecule has 1 aromatic carbocycles. The Balaban J connectivity index is 1.20. The van der Waals surface area contributed by atoms with Crippen LogP contribution in [0.5, 0.6) is 0 Å². The number of amides is 2. The Morgan fingerprint density at radius 1 is 1.05 bits per heavy atom. The summed E-state index contributed by atoms with van der Waals surface area (Å²) in [6.07, 6.45) is 4.83. The van der Waals surface area contributed by atoms with Crippen molar-refractivity contribution >= 4 is 28.8 Å². The number of aromatic amines is 1. The average Bonchev–Trinajstić information content (AvgIpc) is 3.51. The van der Waals surface area contributed by atoms with E-state index in [0.29, 0.717) is 29.5 Å². The van der Waals surface area contributed by atoms with Crippen molar-refractivity contribution in [3.63, 3.8) is 0 Å². The second-order valence-corrected chi connectivity index (χ2v) is 10.9. The number of thiophene rings is 1. The Morgan fingerprint density at radius 3 is 2.73 bits per heavy atom. The average molecular weight is 511 g/mol. The number of aromatic nitrogens is 3. The van der Waals surface area contributed by atoms with E-state index >= 15 is 0 Å². The Hall–Kier alpha value is -3.82. The number of hydrogen-bond acceptors (Lipinski definition) is 6. The predicted octanol–water partition coefficient (Wildman–Crippen LogP) is 3.98. The molecule has 186 valence electrons. The van der Waals surface area contributed by atoms with Crippen LogP contribution in [0.25, 0.3) is 21.7 Å². The second-order valence-electron chi connectivity index (χ2n) is 9.88. The number of rotatable bonds is 5. The summed E-state index contributed by atoms with van der Waals surface area (Å²) in [5.74, 6) is 0.327. The smallest absolute Gasteiger partial charge is 0.276 e. The van der Waals surface area contributed by atoms with Crippen molar-refractivity contribution < 1.29 is 9.59 Å². The van der Waals surface area contributed by atoms with Crippen LogP contribution in [0.2, 0.25) is 0 Å². The third kappa shape index (κ3) is 4.04. The molecule has 0 unspecified atom stereocenters. The van der Waals surface area contributed by atoms with Gasteiger partial charge in [0.25, 0.3) is 11.8 Å². The first kappa shape index (κ1) is 22.4. The first-order chi connectivity index (χ1) is 18.2. The standard InChI is InChI=1S/C28H26N6O2S/c35-27(31-18-13-29-14-18)24-12-17-10-11-34(23-7-2-1-4-19(23)26(17)37-24)28(36)22-6-3-5-21(32-22)20-15-30-33-25(20)16-8-9-16/h1-7,12,15-16,18,29H,8-11,13-14H2,(H,30,33)(H,31,35). The van der Waals surface area contributed by atoms with Crippen LogP contribution in [-0.4, -0.2) is 52.7 Å². The van der Waals surface area contributed by atoms with Crippen molar-refractivity contribution in [2.24, 2.45) is 0 Å². The minimum atomic E-state index is -0.128. The van der Waals surface area contributed by atoms with Crippen LogP contribution < -0.4 is 15.5 Å². The monoisotopic (exact) mass is 510 g/mol. The molecule has 1 saturated heterocycles. The molecule has 37 heavy (non-hydrogen) atoms. The summed E-state index contributed by atoms with van der Waals surface area (Å²) in [6.45, 7) is 2.14. The molecule has 0 atom stereocenters. The summed E-state index contributed by atoms with van der Waals surface area (Å²) in [4.78, 5) is 35.0. The summed E-state index contributed by atoms with van der Waals surface area (Å²) >= 11 is 1.50. The number of nitrogens with zero attached hydrogens (tertiary/aromatic N) is 3. The van der Waals surface area contributed by atoms with E-state index in [1.54, 1.807) is 6.07 Å². The van der Waals surface area contributed by atoms with E-state index < -0.39 is 0 Å². The van der Waals surface area contributed by atoms with Gasteiger partial charge in [0.1, 0.15) is 5.69 Å². The highest BCUT2D eigenvalue weighted by atomic mass is 32.1. The van der Waals surface area contributed by atoms with Gasteiger partial charge in [0.2, 0.25) is 0 Å². The fourth-order valence-electron chi connectivity index (χ4n) is 5.08. The molecule has 4 aromatic rings. The molecule has 1 saturated carbocycles. The zero-order valence-corrected chi connectivity index (χ0v) is 21.0. The Labute approximate surface area is 218 Å². The third-order valence-corrected chi connectivity index (χ3v) is 8.53. The van der Waals surface area contributed by atoms with Gasteiger partial charge in [-0.15, -0.1) is 11.3 Å². The number of benzene rings is 1. The van der Waals surface area contributed by atoms with Gasteiger partial charge in [-0.2, -0.15) is 5.10 Å². The molecule has 0 radical (unpaired) electrons. The van der Waals surface area contributed by atoms with Gasteiger partial charge in [0.15, 0.2) is 0 Å². The molecule has 5 heterocycles. The van der Waals surface area contributed by atoms with E-state index in [-0.39, 0.29) is 17.9 Å². The molecule has 7 rings (SSSR count). The SMILES string of the molecule is O=C(NC1CNC1)c1cc2c(s1)-c1ccccc1N(C(=O)c1cccc(-c3c[nH]nc3C3CC3)n1)CC2. The highest BCUT2D eigenvalue weighted by Crippen LogP contribution is 2.43. The summed E-state index contributed by atoms with van der Waals surface area (Å²) in [5.41, 5.74) is 6.10. The quantitative estimate of drug-likeness (QED) is 0.377. The molecule has 3 N–H and O–H groups in total. The molecule has 1 aliphatic carbocycles. The highest BCUT2D eigenvalue weighted by Gasteiger charge is 2.31. The van der Waals surface area contributed by atoms with Crippen molar-refractivity contribution in [1.29, 1.82) is 0 Å². The van der Waals surface area contributed by atoms with Crippen LogP contribution in [0.1, 0.15) is 50.2 Å². The number of anilines is 1. The molecule has 0 spiro atoms. The zero-order valence-electron chi connectivity index (χ0n) is 20.2. The van der Waals surface area contributed by atoms with Crippen LogP contribution in [0, 0.1) is 0 Å². The van der Waals surface area contributed by atoms with Gasteiger partial charge in [-0.1, -0.05) is 24.3 Å². The number of carbonyl (C=O) groups is 2. The molecule has 2 fully saturated rings. The van der Waals surface area contributed by atoms with E-state index in [9.17, 15) is 9.59 Å². The van der Waals surface area contributed by atoms with Gasteiger partial charge >= 0.3 is 0 Å². The summed E-state index contributed by atoms with van der Waals surface area (Å²) in [7, 11) is 0. The molecule has 2 aliphatic heterocycles. The topological polar surface area (TPSA) is 103 Å². The van der Waals surface area contributed by atoms with Crippen molar-refractivity contribution in [3.8, 4) is 21.7 Å². The predicted molar refractivity (Wildman–Crippen MR) is 143 cm³/mol. The van der Waals surface area contributed by atoms with E-state index in [2.05, 4.69) is 20.8 Å². The lowest BCUT2D eigenvalue weighted by Crippen LogP contribution is -2.56. The van der Waals surface area contributed by atoms with E-state index in [1.165, 1.54) is 11.3 Å². The van der Waals surface area contributed by atoms with Crippen LogP contribution >= 0.6 is 11.3 Å². The number of para-hydroxylation sites is 1. The number of carbonyl (C=O) groups excluding carboxylic acids is 2. The Bertz CT molecular complexity index is 1520. The Kier molecular flexibility index (Phi) is 5.40. The number of nitrogens with one attached hydrogen (secondary N) is 3. The molecule has 0 bridgehead atoms. The van der Waals surface area contributed by atoms with Gasteiger partial charge in [0.05, 0.1) is 28.0 Å². The van der Waals surface area contributed by atoms with Crippen LogP contribution in [0.4, 0.5) is 5.69 Å². The van der Waals surface area contributed by atoms with Crippen LogP contribution in [-0.2, 0) is 6.42 Å². The van der Waals surface area contributed by atoms with Crippen LogP contribution in [0.3, 0.4) is 0 Å². The molecule has 2 amide bonds. The van der Waals surface area contributed by atoms with Gasteiger partial charge in [-0.05, 0) is 49.1 Å².